The lowest BCUT2D eigenvalue weighted by Crippen LogP contribution is -2.64. The van der Waals surface area contributed by atoms with Gasteiger partial charge in [-0.1, -0.05) is 30.3 Å². The molecule has 2 aromatic heterocycles. The van der Waals surface area contributed by atoms with Crippen molar-refractivity contribution in [1.82, 2.24) is 19.5 Å². The summed E-state index contributed by atoms with van der Waals surface area (Å²) in [6.45, 7) is 0.498. The van der Waals surface area contributed by atoms with E-state index in [2.05, 4.69) is 10.1 Å². The van der Waals surface area contributed by atoms with Crippen molar-refractivity contribution in [2.45, 2.75) is 6.61 Å². The van der Waals surface area contributed by atoms with Crippen LogP contribution in [0.4, 0.5) is 4.79 Å². The summed E-state index contributed by atoms with van der Waals surface area (Å²) in [6.07, 6.45) is 2.78. The van der Waals surface area contributed by atoms with Crippen LogP contribution >= 0.6 is 0 Å². The number of benzene rings is 1. The number of carbonyl (C=O) groups excluding carboxylic acids is 1. The maximum Gasteiger partial charge on any atom is 0.410 e. The third kappa shape index (κ3) is 4.69. The molecule has 0 spiro atoms. The Bertz CT molecular complexity index is 1140. The van der Waals surface area contributed by atoms with Crippen LogP contribution in [0.2, 0.25) is 0 Å². The number of primary sulfonamides is 1. The number of sulfonamides is 1. The Kier molecular flexibility index (Phi) is 5.31. The number of hydrogen-bond acceptors (Lipinski definition) is 7. The van der Waals surface area contributed by atoms with Crippen molar-refractivity contribution in [3.05, 3.63) is 60.4 Å². The van der Waals surface area contributed by atoms with Gasteiger partial charge < -0.3 is 14.4 Å². The zero-order chi connectivity index (χ0) is 21.2. The fourth-order valence-corrected chi connectivity index (χ4v) is 4.58. The Morgan fingerprint density at radius 2 is 1.93 bits per heavy atom. The molecule has 1 aliphatic heterocycles. The third-order valence-corrected chi connectivity index (χ3v) is 5.79. The van der Waals surface area contributed by atoms with E-state index >= 15 is 0 Å². The van der Waals surface area contributed by atoms with Crippen LogP contribution in [0.3, 0.4) is 0 Å². The molecule has 0 aliphatic carbocycles. The van der Waals surface area contributed by atoms with Crippen LogP contribution in [0.25, 0.3) is 5.65 Å². The zero-order valence-corrected chi connectivity index (χ0v) is 16.9. The minimum atomic E-state index is -3.77. The van der Waals surface area contributed by atoms with E-state index in [0.717, 1.165) is 5.56 Å². The number of aromatic nitrogens is 3. The number of amides is 1. The normalized spacial score (nSPS) is 15.6. The number of likely N-dealkylation sites (tertiary alicyclic amines) is 1. The van der Waals surface area contributed by atoms with Gasteiger partial charge in [0.2, 0.25) is 15.9 Å². The Morgan fingerprint density at radius 3 is 2.67 bits per heavy atom. The maximum absolute atomic E-state index is 12.3. The molecular weight excluding hydrogens is 410 g/mol. The first-order chi connectivity index (χ1) is 14.3. The van der Waals surface area contributed by atoms with E-state index in [1.807, 2.05) is 30.3 Å². The molecule has 0 saturated carbocycles. The Morgan fingerprint density at radius 1 is 1.17 bits per heavy atom. The molecule has 1 amide bonds. The average molecular weight is 431 g/mol. The van der Waals surface area contributed by atoms with Crippen LogP contribution in [-0.2, 0) is 21.4 Å². The van der Waals surface area contributed by atoms with Crippen molar-refractivity contribution in [2.75, 3.05) is 25.4 Å². The summed E-state index contributed by atoms with van der Waals surface area (Å²) in [5.41, 5.74) is 0.703. The summed E-state index contributed by atoms with van der Waals surface area (Å²) in [7, 11) is -3.77. The van der Waals surface area contributed by atoms with E-state index in [4.69, 9.17) is 14.6 Å². The maximum atomic E-state index is 12.3. The summed E-state index contributed by atoms with van der Waals surface area (Å²) in [5, 5.41) is 9.53. The van der Waals surface area contributed by atoms with E-state index in [-0.39, 0.29) is 32.1 Å². The van der Waals surface area contributed by atoms with Crippen molar-refractivity contribution >= 4 is 21.8 Å². The summed E-state index contributed by atoms with van der Waals surface area (Å²) in [4.78, 5) is 17.8. The Balaban J connectivity index is 1.38. The number of nitrogens with two attached hydrogens (primary N) is 1. The second kappa shape index (κ2) is 7.92. The summed E-state index contributed by atoms with van der Waals surface area (Å²) in [5.74, 6) is 0.00915. The average Bonchev–Trinajstić information content (AvgIpc) is 3.15. The summed E-state index contributed by atoms with van der Waals surface area (Å²) < 4.78 is 36.1. The van der Waals surface area contributed by atoms with Crippen LogP contribution in [0.1, 0.15) is 5.56 Å². The minimum absolute atomic E-state index is 0.0408. The Hall–Kier alpha value is -3.18. The van der Waals surface area contributed by atoms with Gasteiger partial charge in [0.15, 0.2) is 5.65 Å². The topological polar surface area (TPSA) is 129 Å². The molecule has 1 saturated heterocycles. The zero-order valence-electron chi connectivity index (χ0n) is 16.0. The second-order valence-corrected chi connectivity index (χ2v) is 9.01. The van der Waals surface area contributed by atoms with Gasteiger partial charge in [-0.25, -0.2) is 27.9 Å². The predicted octanol–water partition coefficient (Wildman–Crippen LogP) is 1.04. The molecule has 0 bridgehead atoms. The highest BCUT2D eigenvalue weighted by Gasteiger charge is 2.49. The van der Waals surface area contributed by atoms with Crippen LogP contribution < -0.4 is 9.88 Å². The van der Waals surface area contributed by atoms with Gasteiger partial charge in [-0.3, -0.25) is 0 Å². The number of ether oxygens (including phenoxy) is 2. The molecule has 4 rings (SSSR count). The first-order valence-electron chi connectivity index (χ1n) is 9.21. The number of hydrogen-bond donors (Lipinski definition) is 1. The molecular formula is C19H21N5O5S. The van der Waals surface area contributed by atoms with Crippen molar-refractivity contribution < 1.29 is 22.7 Å². The van der Waals surface area contributed by atoms with E-state index in [1.165, 1.54) is 4.90 Å². The fraction of sp³-hybridized carbons (Fsp3) is 0.316. The summed E-state index contributed by atoms with van der Waals surface area (Å²) >= 11 is 0. The van der Waals surface area contributed by atoms with Gasteiger partial charge >= 0.3 is 6.09 Å². The van der Waals surface area contributed by atoms with Crippen molar-refractivity contribution in [3.8, 4) is 5.88 Å². The highest BCUT2D eigenvalue weighted by Crippen LogP contribution is 2.33. The smallest absolute Gasteiger partial charge is 0.410 e. The number of carbonyl (C=O) groups is 1. The SMILES string of the molecule is NS(=O)(=O)CC1(COc2ccc3nccn3n2)CN(C(=O)OCc2ccccc2)C1. The first-order valence-corrected chi connectivity index (χ1v) is 10.9. The molecule has 1 aromatic carbocycles. The number of fused-ring (bicyclic) bond motifs is 1. The highest BCUT2D eigenvalue weighted by atomic mass is 32.2. The standard InChI is InChI=1S/C19H21N5O5S/c20-30(26,27)14-19(13-29-17-7-6-16-21-8-9-24(16)22-17)11-23(12-19)18(25)28-10-15-4-2-1-3-5-15/h1-9H,10-14H2,(H2,20,26,27). The Labute approximate surface area is 173 Å². The molecule has 3 aromatic rings. The number of rotatable bonds is 7. The fourth-order valence-electron chi connectivity index (χ4n) is 3.46. The van der Waals surface area contributed by atoms with Gasteiger partial charge in [-0.05, 0) is 11.6 Å². The minimum Gasteiger partial charge on any atom is -0.476 e. The molecule has 10 nitrogen and oxygen atoms in total. The molecule has 1 aliphatic rings. The number of imidazole rings is 1. The van der Waals surface area contributed by atoms with E-state index in [9.17, 15) is 13.2 Å². The lowest BCUT2D eigenvalue weighted by Gasteiger charge is -2.48. The van der Waals surface area contributed by atoms with Gasteiger partial charge in [0.1, 0.15) is 13.2 Å². The van der Waals surface area contributed by atoms with Crippen molar-refractivity contribution in [1.29, 1.82) is 0 Å². The van der Waals surface area contributed by atoms with Crippen LogP contribution in [0.5, 0.6) is 5.88 Å². The van der Waals surface area contributed by atoms with Gasteiger partial charge in [-0.2, -0.15) is 0 Å². The summed E-state index contributed by atoms with van der Waals surface area (Å²) in [6, 6.07) is 12.7. The molecule has 0 atom stereocenters. The monoisotopic (exact) mass is 431 g/mol. The second-order valence-electron chi connectivity index (χ2n) is 7.39. The van der Waals surface area contributed by atoms with Crippen molar-refractivity contribution in [3.63, 3.8) is 0 Å². The molecule has 1 fully saturated rings. The molecule has 3 heterocycles. The van der Waals surface area contributed by atoms with Gasteiger partial charge in [0, 0.05) is 31.5 Å². The molecule has 0 unspecified atom stereocenters. The van der Waals surface area contributed by atoms with Gasteiger partial charge in [-0.15, -0.1) is 5.10 Å². The van der Waals surface area contributed by atoms with Crippen LogP contribution in [0, 0.1) is 5.41 Å². The van der Waals surface area contributed by atoms with Crippen LogP contribution in [-0.4, -0.2) is 59.5 Å². The van der Waals surface area contributed by atoms with E-state index in [1.54, 1.807) is 29.0 Å². The van der Waals surface area contributed by atoms with Crippen molar-refractivity contribution in [2.24, 2.45) is 10.6 Å². The molecule has 158 valence electrons. The highest BCUT2D eigenvalue weighted by molar-refractivity contribution is 7.89. The van der Waals surface area contributed by atoms with E-state index < -0.39 is 21.5 Å². The van der Waals surface area contributed by atoms with E-state index in [0.29, 0.717) is 11.5 Å². The molecule has 11 heteroatoms. The largest absolute Gasteiger partial charge is 0.476 e. The molecule has 0 radical (unpaired) electrons. The molecule has 2 N–H and O–H groups in total. The quantitative estimate of drug-likeness (QED) is 0.591. The first kappa shape index (κ1) is 20.1. The van der Waals surface area contributed by atoms with Gasteiger partial charge in [0.05, 0.1) is 11.2 Å². The van der Waals surface area contributed by atoms with Crippen LogP contribution in [0.15, 0.2) is 54.9 Å². The number of nitrogens with zero attached hydrogens (tertiary/aromatic N) is 4. The molecule has 30 heavy (non-hydrogen) atoms. The predicted molar refractivity (Wildman–Crippen MR) is 107 cm³/mol. The lowest BCUT2D eigenvalue weighted by molar-refractivity contribution is -0.0194. The lowest BCUT2D eigenvalue weighted by atomic mass is 9.83. The van der Waals surface area contributed by atoms with Gasteiger partial charge in [0.25, 0.3) is 0 Å². The third-order valence-electron chi connectivity index (χ3n) is 4.78.